The monoisotopic (exact) mass is 207 g/mol. The van der Waals surface area contributed by atoms with Gasteiger partial charge in [-0.2, -0.15) is 18.3 Å². The van der Waals surface area contributed by atoms with Crippen molar-refractivity contribution in [2.24, 2.45) is 12.8 Å². The van der Waals surface area contributed by atoms with E-state index < -0.39 is 17.8 Å². The van der Waals surface area contributed by atoms with Crippen molar-refractivity contribution < 1.29 is 18.0 Å². The van der Waals surface area contributed by atoms with Gasteiger partial charge in [-0.15, -0.1) is 0 Å². The summed E-state index contributed by atoms with van der Waals surface area (Å²) in [6.45, 7) is 1.16. The molecule has 1 rings (SSSR count). The molecule has 0 aromatic carbocycles. The van der Waals surface area contributed by atoms with Crippen LogP contribution in [0.4, 0.5) is 13.2 Å². The van der Waals surface area contributed by atoms with Crippen molar-refractivity contribution in [1.29, 1.82) is 0 Å². The fourth-order valence-electron chi connectivity index (χ4n) is 1.26. The van der Waals surface area contributed by atoms with E-state index in [1.807, 2.05) is 0 Å². The number of alkyl halides is 3. The number of aryl methyl sites for hydroxylation is 1. The van der Waals surface area contributed by atoms with E-state index in [4.69, 9.17) is 5.73 Å². The lowest BCUT2D eigenvalue weighted by Gasteiger charge is -2.06. The Morgan fingerprint density at radius 3 is 2.21 bits per heavy atom. The van der Waals surface area contributed by atoms with Crippen LogP contribution < -0.4 is 5.73 Å². The average Bonchev–Trinajstić information content (AvgIpc) is 2.24. The third-order valence-corrected chi connectivity index (χ3v) is 1.79. The lowest BCUT2D eigenvalue weighted by atomic mass is 10.2. The molecule has 1 aromatic rings. The van der Waals surface area contributed by atoms with Crippen LogP contribution in [0, 0.1) is 6.92 Å². The summed E-state index contributed by atoms with van der Waals surface area (Å²) < 4.78 is 37.7. The standard InChI is InChI=1S/C7H8F3N3O/c1-3-4(6(11)14)12-13(2)5(3)7(8,9)10/h1-2H3,(H2,11,14). The fraction of sp³-hybridized carbons (Fsp3) is 0.429. The SMILES string of the molecule is Cc1c(C(N)=O)nn(C)c1C(F)(F)F. The quantitative estimate of drug-likeness (QED) is 0.741. The molecule has 4 nitrogen and oxygen atoms in total. The summed E-state index contributed by atoms with van der Waals surface area (Å²) in [6.07, 6.45) is -4.53. The minimum atomic E-state index is -4.53. The van der Waals surface area contributed by atoms with Gasteiger partial charge < -0.3 is 5.73 Å². The van der Waals surface area contributed by atoms with Crippen LogP contribution in [0.1, 0.15) is 21.7 Å². The Bertz CT molecular complexity index is 380. The van der Waals surface area contributed by atoms with Crippen molar-refractivity contribution in [2.45, 2.75) is 13.1 Å². The third kappa shape index (κ3) is 1.57. The molecule has 78 valence electrons. The number of carbonyl (C=O) groups is 1. The van der Waals surface area contributed by atoms with Gasteiger partial charge in [-0.1, -0.05) is 0 Å². The van der Waals surface area contributed by atoms with Gasteiger partial charge in [-0.05, 0) is 6.92 Å². The second-order valence-corrected chi connectivity index (χ2v) is 2.81. The number of rotatable bonds is 1. The maximum atomic E-state index is 12.4. The molecule has 0 aliphatic heterocycles. The molecule has 0 saturated carbocycles. The molecule has 0 aliphatic carbocycles. The van der Waals surface area contributed by atoms with Gasteiger partial charge in [-0.25, -0.2) is 0 Å². The Morgan fingerprint density at radius 1 is 1.50 bits per heavy atom. The largest absolute Gasteiger partial charge is 0.433 e. The zero-order valence-corrected chi connectivity index (χ0v) is 7.51. The molecule has 0 saturated heterocycles. The maximum Gasteiger partial charge on any atom is 0.433 e. The Labute approximate surface area is 77.5 Å². The molecule has 14 heavy (non-hydrogen) atoms. The minimum Gasteiger partial charge on any atom is -0.364 e. The number of nitrogens with two attached hydrogens (primary N) is 1. The predicted molar refractivity (Wildman–Crippen MR) is 41.5 cm³/mol. The van der Waals surface area contributed by atoms with E-state index in [9.17, 15) is 18.0 Å². The highest BCUT2D eigenvalue weighted by atomic mass is 19.4. The van der Waals surface area contributed by atoms with Gasteiger partial charge in [0.15, 0.2) is 5.69 Å². The van der Waals surface area contributed by atoms with Crippen LogP contribution in [0.25, 0.3) is 0 Å². The van der Waals surface area contributed by atoms with Gasteiger partial charge in [0.2, 0.25) is 0 Å². The summed E-state index contributed by atoms with van der Waals surface area (Å²) >= 11 is 0. The van der Waals surface area contributed by atoms with Crippen LogP contribution in [0.5, 0.6) is 0 Å². The lowest BCUT2D eigenvalue weighted by molar-refractivity contribution is -0.144. The second-order valence-electron chi connectivity index (χ2n) is 2.81. The molecule has 0 bridgehead atoms. The number of amides is 1. The Kier molecular flexibility index (Phi) is 2.26. The average molecular weight is 207 g/mol. The second kappa shape index (κ2) is 3.00. The summed E-state index contributed by atoms with van der Waals surface area (Å²) in [5, 5.41) is 3.40. The summed E-state index contributed by atoms with van der Waals surface area (Å²) in [5.41, 5.74) is 3.32. The number of aromatic nitrogens is 2. The van der Waals surface area contributed by atoms with Crippen LogP contribution in [0.3, 0.4) is 0 Å². The first-order chi connectivity index (χ1) is 6.25. The van der Waals surface area contributed by atoms with Gasteiger partial charge in [0, 0.05) is 12.6 Å². The Hall–Kier alpha value is -1.53. The highest BCUT2D eigenvalue weighted by molar-refractivity contribution is 5.92. The van der Waals surface area contributed by atoms with Crippen LogP contribution in [0.2, 0.25) is 0 Å². The van der Waals surface area contributed by atoms with Crippen molar-refractivity contribution in [3.8, 4) is 0 Å². The zero-order valence-electron chi connectivity index (χ0n) is 7.51. The number of hydrogen-bond acceptors (Lipinski definition) is 2. The molecule has 0 radical (unpaired) electrons. The normalized spacial score (nSPS) is 11.8. The van der Waals surface area contributed by atoms with Crippen molar-refractivity contribution in [3.05, 3.63) is 17.0 Å². The first kappa shape index (κ1) is 10.6. The van der Waals surface area contributed by atoms with E-state index in [1.54, 1.807) is 0 Å². The van der Waals surface area contributed by atoms with E-state index in [0.29, 0.717) is 4.68 Å². The molecule has 0 fully saturated rings. The first-order valence-corrected chi connectivity index (χ1v) is 3.65. The number of nitrogens with zero attached hydrogens (tertiary/aromatic N) is 2. The minimum absolute atomic E-state index is 0.243. The topological polar surface area (TPSA) is 60.9 Å². The van der Waals surface area contributed by atoms with Crippen LogP contribution >= 0.6 is 0 Å². The van der Waals surface area contributed by atoms with Gasteiger partial charge in [0.25, 0.3) is 5.91 Å². The summed E-state index contributed by atoms with van der Waals surface area (Å²) in [4.78, 5) is 10.7. The Morgan fingerprint density at radius 2 is 2.00 bits per heavy atom. The maximum absolute atomic E-state index is 12.4. The van der Waals surface area contributed by atoms with Crippen molar-refractivity contribution in [2.75, 3.05) is 0 Å². The molecule has 2 N–H and O–H groups in total. The number of halogens is 3. The highest BCUT2D eigenvalue weighted by Crippen LogP contribution is 2.32. The van der Waals surface area contributed by atoms with Crippen molar-refractivity contribution >= 4 is 5.91 Å². The van der Waals surface area contributed by atoms with Crippen LogP contribution in [-0.2, 0) is 13.2 Å². The van der Waals surface area contributed by atoms with Crippen LogP contribution in [-0.4, -0.2) is 15.7 Å². The molecule has 1 amide bonds. The molecule has 0 unspecified atom stereocenters. The summed E-state index contributed by atoms with van der Waals surface area (Å²) in [7, 11) is 1.11. The van der Waals surface area contributed by atoms with E-state index in [1.165, 1.54) is 0 Å². The van der Waals surface area contributed by atoms with Crippen molar-refractivity contribution in [3.63, 3.8) is 0 Å². The van der Waals surface area contributed by atoms with Gasteiger partial charge in [-0.3, -0.25) is 9.48 Å². The van der Waals surface area contributed by atoms with E-state index >= 15 is 0 Å². The number of hydrogen-bond donors (Lipinski definition) is 1. The van der Waals surface area contributed by atoms with Gasteiger partial charge in [0.1, 0.15) is 5.69 Å². The van der Waals surface area contributed by atoms with Crippen molar-refractivity contribution in [1.82, 2.24) is 9.78 Å². The number of carbonyl (C=O) groups excluding carboxylic acids is 1. The third-order valence-electron chi connectivity index (χ3n) is 1.79. The highest BCUT2D eigenvalue weighted by Gasteiger charge is 2.38. The van der Waals surface area contributed by atoms with E-state index in [0.717, 1.165) is 14.0 Å². The zero-order chi connectivity index (χ0) is 11.1. The molecule has 0 atom stereocenters. The fourth-order valence-corrected chi connectivity index (χ4v) is 1.26. The predicted octanol–water partition coefficient (Wildman–Crippen LogP) is 0.846. The lowest BCUT2D eigenvalue weighted by Crippen LogP contribution is -2.14. The molecule has 1 aromatic heterocycles. The first-order valence-electron chi connectivity index (χ1n) is 3.65. The molecule has 0 spiro atoms. The number of primary amides is 1. The smallest absolute Gasteiger partial charge is 0.364 e. The van der Waals surface area contributed by atoms with Crippen LogP contribution in [0.15, 0.2) is 0 Å². The molecule has 7 heteroatoms. The molecule has 0 aliphatic rings. The Balaban J connectivity index is 3.40. The van der Waals surface area contributed by atoms with Gasteiger partial charge >= 0.3 is 6.18 Å². The molecular weight excluding hydrogens is 199 g/mol. The van der Waals surface area contributed by atoms with Gasteiger partial charge in [0.05, 0.1) is 0 Å². The summed E-state index contributed by atoms with van der Waals surface area (Å²) in [6, 6.07) is 0. The molecular formula is C7H8F3N3O. The van der Waals surface area contributed by atoms with E-state index in [-0.39, 0.29) is 11.3 Å². The molecule has 1 heterocycles. The van der Waals surface area contributed by atoms with E-state index in [2.05, 4.69) is 5.10 Å². The summed E-state index contributed by atoms with van der Waals surface area (Å²) in [5.74, 6) is -0.964.